The van der Waals surface area contributed by atoms with Crippen molar-refractivity contribution in [2.75, 3.05) is 0 Å². The van der Waals surface area contributed by atoms with Crippen molar-refractivity contribution >= 4 is 5.78 Å². The highest BCUT2D eigenvalue weighted by Crippen LogP contribution is 2.38. The van der Waals surface area contributed by atoms with Crippen molar-refractivity contribution in [1.82, 2.24) is 0 Å². The van der Waals surface area contributed by atoms with Crippen LogP contribution >= 0.6 is 0 Å². The lowest BCUT2D eigenvalue weighted by atomic mass is 9.83. The lowest BCUT2D eigenvalue weighted by molar-refractivity contribution is -0.156. The zero-order chi connectivity index (χ0) is 11.8. The molecule has 2 aliphatic rings. The van der Waals surface area contributed by atoms with Gasteiger partial charge in [-0.2, -0.15) is 0 Å². The summed E-state index contributed by atoms with van der Waals surface area (Å²) in [5.74, 6) is 0.00362. The Morgan fingerprint density at radius 2 is 1.75 bits per heavy atom. The molecule has 0 aromatic carbocycles. The van der Waals surface area contributed by atoms with Crippen LogP contribution in [0.1, 0.15) is 52.9 Å². The number of hydrogen-bond donors (Lipinski definition) is 0. The Labute approximate surface area is 97.5 Å². The molecule has 0 aromatic rings. The van der Waals surface area contributed by atoms with E-state index >= 15 is 0 Å². The molecule has 3 heteroatoms. The summed E-state index contributed by atoms with van der Waals surface area (Å²) in [7, 11) is 0. The van der Waals surface area contributed by atoms with Crippen molar-refractivity contribution in [3.05, 3.63) is 0 Å². The van der Waals surface area contributed by atoms with Gasteiger partial charge in [0, 0.05) is 0 Å². The van der Waals surface area contributed by atoms with Gasteiger partial charge in [0.2, 0.25) is 0 Å². The zero-order valence-corrected chi connectivity index (χ0v) is 10.5. The molecule has 1 saturated heterocycles. The minimum absolute atomic E-state index is 0.0206. The topological polar surface area (TPSA) is 35.5 Å². The Morgan fingerprint density at radius 3 is 2.31 bits per heavy atom. The van der Waals surface area contributed by atoms with E-state index in [1.165, 1.54) is 32.1 Å². The second-order valence-electron chi connectivity index (χ2n) is 5.53. The number of carbonyl (C=O) groups excluding carboxylic acids is 1. The van der Waals surface area contributed by atoms with Gasteiger partial charge in [0.05, 0.1) is 6.10 Å². The standard InChI is InChI=1S/C13H22O3/c1-9(14)11-12(16-13(2,3)15-11)10-7-5-4-6-8-10/h10-12H,4-8H2,1-3H3/t11-,12-/m1/s1. The van der Waals surface area contributed by atoms with E-state index in [-0.39, 0.29) is 18.0 Å². The lowest BCUT2D eigenvalue weighted by Crippen LogP contribution is -2.36. The number of carbonyl (C=O) groups is 1. The van der Waals surface area contributed by atoms with Crippen LogP contribution in [0.25, 0.3) is 0 Å². The SMILES string of the molecule is CC(=O)[C@H]1OC(C)(C)O[C@@H]1C1CCCCC1. The molecule has 0 amide bonds. The molecule has 1 saturated carbocycles. The van der Waals surface area contributed by atoms with Crippen LogP contribution in [-0.2, 0) is 14.3 Å². The number of Topliss-reactive ketones (excluding diaryl/α,β-unsaturated/α-hetero) is 1. The van der Waals surface area contributed by atoms with Crippen LogP contribution in [0, 0.1) is 5.92 Å². The van der Waals surface area contributed by atoms with Crippen LogP contribution in [0.4, 0.5) is 0 Å². The molecule has 0 bridgehead atoms. The molecule has 92 valence electrons. The second kappa shape index (κ2) is 4.46. The van der Waals surface area contributed by atoms with E-state index in [4.69, 9.17) is 9.47 Å². The maximum Gasteiger partial charge on any atom is 0.164 e. The summed E-state index contributed by atoms with van der Waals surface area (Å²) >= 11 is 0. The fraction of sp³-hybridized carbons (Fsp3) is 0.923. The molecule has 2 fully saturated rings. The van der Waals surface area contributed by atoms with Gasteiger partial charge in [0.1, 0.15) is 6.10 Å². The minimum Gasteiger partial charge on any atom is -0.344 e. The first-order chi connectivity index (χ1) is 7.49. The molecule has 1 aliphatic heterocycles. The van der Waals surface area contributed by atoms with Crippen molar-refractivity contribution in [1.29, 1.82) is 0 Å². The predicted octanol–water partition coefficient (Wildman–Crippen LogP) is 2.68. The highest BCUT2D eigenvalue weighted by Gasteiger charge is 2.46. The summed E-state index contributed by atoms with van der Waals surface area (Å²) in [5, 5.41) is 0. The molecule has 0 aromatic heterocycles. The lowest BCUT2D eigenvalue weighted by Gasteiger charge is -2.28. The zero-order valence-electron chi connectivity index (χ0n) is 10.5. The number of ether oxygens (including phenoxy) is 2. The van der Waals surface area contributed by atoms with E-state index in [1.807, 2.05) is 13.8 Å². The second-order valence-corrected chi connectivity index (χ2v) is 5.53. The summed E-state index contributed by atoms with van der Waals surface area (Å²) in [6.45, 7) is 5.39. The molecule has 0 unspecified atom stereocenters. The highest BCUT2D eigenvalue weighted by atomic mass is 16.8. The van der Waals surface area contributed by atoms with Crippen LogP contribution in [0.15, 0.2) is 0 Å². The Kier molecular flexibility index (Phi) is 3.36. The molecule has 16 heavy (non-hydrogen) atoms. The van der Waals surface area contributed by atoms with Crippen LogP contribution in [0.3, 0.4) is 0 Å². The van der Waals surface area contributed by atoms with Crippen molar-refractivity contribution in [2.45, 2.75) is 70.9 Å². The maximum absolute atomic E-state index is 11.6. The Bertz CT molecular complexity index is 266. The molecule has 0 radical (unpaired) electrons. The first-order valence-corrected chi connectivity index (χ1v) is 6.36. The Balaban J connectivity index is 2.08. The normalized spacial score (nSPS) is 35.2. The monoisotopic (exact) mass is 226 g/mol. The van der Waals surface area contributed by atoms with Crippen LogP contribution in [0.5, 0.6) is 0 Å². The quantitative estimate of drug-likeness (QED) is 0.726. The third-order valence-electron chi connectivity index (χ3n) is 3.64. The van der Waals surface area contributed by atoms with E-state index in [1.54, 1.807) is 6.92 Å². The van der Waals surface area contributed by atoms with E-state index in [9.17, 15) is 4.79 Å². The van der Waals surface area contributed by atoms with E-state index in [2.05, 4.69) is 0 Å². The fourth-order valence-electron chi connectivity index (χ4n) is 2.91. The first-order valence-electron chi connectivity index (χ1n) is 6.36. The average Bonchev–Trinajstić information content (AvgIpc) is 2.56. The van der Waals surface area contributed by atoms with Gasteiger partial charge >= 0.3 is 0 Å². The average molecular weight is 226 g/mol. The fourth-order valence-corrected chi connectivity index (χ4v) is 2.91. The van der Waals surface area contributed by atoms with Gasteiger partial charge in [-0.1, -0.05) is 19.3 Å². The largest absolute Gasteiger partial charge is 0.344 e. The van der Waals surface area contributed by atoms with E-state index in [0.29, 0.717) is 5.92 Å². The third kappa shape index (κ3) is 2.46. The highest BCUT2D eigenvalue weighted by molar-refractivity contribution is 5.81. The van der Waals surface area contributed by atoms with Gasteiger partial charge in [-0.25, -0.2) is 0 Å². The number of hydrogen-bond acceptors (Lipinski definition) is 3. The molecule has 1 heterocycles. The summed E-state index contributed by atoms with van der Waals surface area (Å²) < 4.78 is 11.6. The maximum atomic E-state index is 11.6. The molecule has 0 N–H and O–H groups in total. The summed E-state index contributed by atoms with van der Waals surface area (Å²) in [5.41, 5.74) is 0. The van der Waals surface area contributed by atoms with E-state index in [0.717, 1.165) is 0 Å². The molecule has 3 nitrogen and oxygen atoms in total. The smallest absolute Gasteiger partial charge is 0.164 e. The van der Waals surface area contributed by atoms with Gasteiger partial charge in [-0.05, 0) is 39.5 Å². The summed E-state index contributed by atoms with van der Waals surface area (Å²) in [6, 6.07) is 0. The molecule has 0 spiro atoms. The minimum atomic E-state index is -0.599. The molecule has 2 rings (SSSR count). The van der Waals surface area contributed by atoms with Crippen molar-refractivity contribution < 1.29 is 14.3 Å². The van der Waals surface area contributed by atoms with Gasteiger partial charge in [-0.15, -0.1) is 0 Å². The van der Waals surface area contributed by atoms with Crippen molar-refractivity contribution in [2.24, 2.45) is 5.92 Å². The van der Waals surface area contributed by atoms with Gasteiger partial charge in [0.25, 0.3) is 0 Å². The van der Waals surface area contributed by atoms with Crippen molar-refractivity contribution in [3.8, 4) is 0 Å². The summed E-state index contributed by atoms with van der Waals surface area (Å²) in [6.07, 6.45) is 5.82. The molecule has 2 atom stereocenters. The Hall–Kier alpha value is -0.410. The Morgan fingerprint density at radius 1 is 1.12 bits per heavy atom. The van der Waals surface area contributed by atoms with Gasteiger partial charge in [-0.3, -0.25) is 4.79 Å². The van der Waals surface area contributed by atoms with Gasteiger partial charge in [0.15, 0.2) is 11.6 Å². The summed E-state index contributed by atoms with van der Waals surface area (Å²) in [4.78, 5) is 11.6. The number of rotatable bonds is 2. The van der Waals surface area contributed by atoms with E-state index < -0.39 is 5.79 Å². The van der Waals surface area contributed by atoms with Crippen molar-refractivity contribution in [3.63, 3.8) is 0 Å². The third-order valence-corrected chi connectivity index (χ3v) is 3.64. The predicted molar refractivity (Wildman–Crippen MR) is 61.1 cm³/mol. The number of ketones is 1. The molecular formula is C13H22O3. The molecular weight excluding hydrogens is 204 g/mol. The molecule has 1 aliphatic carbocycles. The van der Waals surface area contributed by atoms with Gasteiger partial charge < -0.3 is 9.47 Å². The van der Waals surface area contributed by atoms with Crippen LogP contribution < -0.4 is 0 Å². The van der Waals surface area contributed by atoms with Crippen LogP contribution in [0.2, 0.25) is 0 Å². The first kappa shape index (κ1) is 12.1. The van der Waals surface area contributed by atoms with Crippen LogP contribution in [-0.4, -0.2) is 23.8 Å².